The van der Waals surface area contributed by atoms with Crippen LogP contribution in [0.2, 0.25) is 0 Å². The van der Waals surface area contributed by atoms with Gasteiger partial charge in [-0.25, -0.2) is 4.98 Å². The number of para-hydroxylation sites is 1. The van der Waals surface area contributed by atoms with Crippen molar-refractivity contribution in [3.05, 3.63) is 29.3 Å². The Balaban J connectivity index is 1.42. The van der Waals surface area contributed by atoms with Crippen LogP contribution in [0.4, 0.5) is 0 Å². The molecule has 0 unspecified atom stereocenters. The van der Waals surface area contributed by atoms with Gasteiger partial charge in [0, 0.05) is 32.6 Å². The molecule has 0 atom stereocenters. The van der Waals surface area contributed by atoms with Crippen LogP contribution in [0.3, 0.4) is 0 Å². The monoisotopic (exact) mass is 305 g/mol. The third kappa shape index (κ3) is 3.78. The number of nitrogens with zero attached hydrogens (tertiary/aromatic N) is 2. The van der Waals surface area contributed by atoms with E-state index in [1.54, 1.807) is 11.3 Å². The quantitative estimate of drug-likeness (QED) is 0.853. The van der Waals surface area contributed by atoms with Gasteiger partial charge < -0.3 is 15.0 Å². The van der Waals surface area contributed by atoms with Crippen LogP contribution in [-0.4, -0.2) is 48.6 Å². The number of carbonyl (C=O) groups excluding carboxylic acids is 1. The normalized spacial score (nSPS) is 15.5. The van der Waals surface area contributed by atoms with Gasteiger partial charge in [0.1, 0.15) is 5.01 Å². The first kappa shape index (κ1) is 14.4. The summed E-state index contributed by atoms with van der Waals surface area (Å²) >= 11 is 1.70. The molecular formula is C15H19N3O2S. The van der Waals surface area contributed by atoms with E-state index in [2.05, 4.69) is 16.4 Å². The summed E-state index contributed by atoms with van der Waals surface area (Å²) in [5.41, 5.74) is 1.05. The maximum atomic E-state index is 12.0. The van der Waals surface area contributed by atoms with Crippen molar-refractivity contribution in [3.8, 4) is 0 Å². The number of thiazole rings is 1. The highest BCUT2D eigenvalue weighted by molar-refractivity contribution is 7.18. The number of amides is 1. The second kappa shape index (κ2) is 6.98. The summed E-state index contributed by atoms with van der Waals surface area (Å²) in [6.07, 6.45) is 0.533. The minimum atomic E-state index is 0.204. The van der Waals surface area contributed by atoms with Gasteiger partial charge in [-0.05, 0) is 12.1 Å². The number of hydrogen-bond acceptors (Lipinski definition) is 5. The number of ether oxygens (including phenoxy) is 1. The largest absolute Gasteiger partial charge is 0.378 e. The average molecular weight is 305 g/mol. The lowest BCUT2D eigenvalue weighted by Crippen LogP contribution is -2.41. The molecule has 1 amide bonds. The molecule has 0 saturated carbocycles. The van der Waals surface area contributed by atoms with Gasteiger partial charge in [-0.2, -0.15) is 0 Å². The van der Waals surface area contributed by atoms with Gasteiger partial charge in [0.25, 0.3) is 0 Å². The molecule has 1 fully saturated rings. The highest BCUT2D eigenvalue weighted by atomic mass is 32.1. The van der Waals surface area contributed by atoms with Crippen LogP contribution < -0.4 is 5.32 Å². The maximum absolute atomic E-state index is 12.0. The van der Waals surface area contributed by atoms with Crippen molar-refractivity contribution in [2.45, 2.75) is 13.0 Å². The van der Waals surface area contributed by atoms with Crippen molar-refractivity contribution < 1.29 is 9.53 Å². The summed E-state index contributed by atoms with van der Waals surface area (Å²) in [6.45, 7) is 4.16. The first-order valence-corrected chi connectivity index (χ1v) is 8.05. The van der Waals surface area contributed by atoms with Gasteiger partial charge in [0.05, 0.1) is 23.4 Å². The van der Waals surface area contributed by atoms with Crippen LogP contribution in [0.25, 0.3) is 10.2 Å². The number of fused-ring (bicyclic) bond motifs is 1. The Bertz CT molecular complexity index is 575. The molecule has 2 heterocycles. The molecule has 0 bridgehead atoms. The van der Waals surface area contributed by atoms with Gasteiger partial charge in [-0.1, -0.05) is 12.1 Å². The Morgan fingerprint density at radius 2 is 2.14 bits per heavy atom. The predicted octanol–water partition coefficient (Wildman–Crippen LogP) is 1.63. The molecule has 0 aliphatic carbocycles. The van der Waals surface area contributed by atoms with Crippen LogP contribution in [-0.2, 0) is 16.1 Å². The van der Waals surface area contributed by atoms with Gasteiger partial charge in [0.15, 0.2) is 0 Å². The van der Waals surface area contributed by atoms with Gasteiger partial charge >= 0.3 is 0 Å². The molecule has 1 aromatic heterocycles. The Labute approximate surface area is 127 Å². The van der Waals surface area contributed by atoms with E-state index in [0.29, 0.717) is 26.2 Å². The molecule has 0 radical (unpaired) electrons. The number of morpholine rings is 1. The molecule has 112 valence electrons. The van der Waals surface area contributed by atoms with Gasteiger partial charge in [-0.15, -0.1) is 11.3 Å². The molecule has 1 saturated heterocycles. The maximum Gasteiger partial charge on any atom is 0.224 e. The van der Waals surface area contributed by atoms with Gasteiger partial charge in [0.2, 0.25) is 5.91 Å². The lowest BCUT2D eigenvalue weighted by atomic mass is 10.3. The Morgan fingerprint density at radius 3 is 2.95 bits per heavy atom. The zero-order valence-electron chi connectivity index (χ0n) is 11.9. The lowest BCUT2D eigenvalue weighted by Gasteiger charge is -2.26. The van der Waals surface area contributed by atoms with Crippen LogP contribution >= 0.6 is 11.3 Å². The summed E-state index contributed by atoms with van der Waals surface area (Å²) in [5, 5.41) is 4.37. The fraction of sp³-hybridized carbons (Fsp3) is 0.467. The third-order valence-electron chi connectivity index (χ3n) is 3.49. The zero-order valence-corrected chi connectivity index (χ0v) is 12.7. The molecular weight excluding hydrogens is 286 g/mol. The van der Waals surface area contributed by atoms with Crippen LogP contribution in [0.15, 0.2) is 24.3 Å². The van der Waals surface area contributed by atoms with Crippen molar-refractivity contribution in [1.29, 1.82) is 0 Å². The average Bonchev–Trinajstić information content (AvgIpc) is 2.95. The predicted molar refractivity (Wildman–Crippen MR) is 83.3 cm³/mol. The van der Waals surface area contributed by atoms with Crippen LogP contribution in [0.5, 0.6) is 0 Å². The van der Waals surface area contributed by atoms with Crippen molar-refractivity contribution >= 4 is 27.5 Å². The van der Waals surface area contributed by atoms with Crippen LogP contribution in [0, 0.1) is 0 Å². The number of hydrogen-bond donors (Lipinski definition) is 1. The Morgan fingerprint density at radius 1 is 1.33 bits per heavy atom. The topological polar surface area (TPSA) is 54.5 Å². The second-order valence-corrected chi connectivity index (χ2v) is 6.11. The third-order valence-corrected chi connectivity index (χ3v) is 4.53. The molecule has 6 heteroatoms. The Hall–Kier alpha value is -1.50. The molecule has 5 nitrogen and oxygen atoms in total. The first-order valence-electron chi connectivity index (χ1n) is 7.23. The summed E-state index contributed by atoms with van der Waals surface area (Å²) in [6, 6.07) is 8.13. The van der Waals surface area contributed by atoms with E-state index in [1.165, 1.54) is 4.70 Å². The molecule has 1 aromatic carbocycles. The second-order valence-electron chi connectivity index (χ2n) is 5.00. The molecule has 1 aliphatic heterocycles. The summed E-state index contributed by atoms with van der Waals surface area (Å²) in [5.74, 6) is 0.204. The van der Waals surface area contributed by atoms with Crippen molar-refractivity contribution in [1.82, 2.24) is 15.2 Å². The van der Waals surface area contributed by atoms with E-state index >= 15 is 0 Å². The van der Waals surface area contributed by atoms with Crippen molar-refractivity contribution in [3.63, 3.8) is 0 Å². The van der Waals surface area contributed by atoms with E-state index in [-0.39, 0.29) is 5.91 Å². The number of aromatic nitrogens is 1. The van der Waals surface area contributed by atoms with E-state index in [4.69, 9.17) is 4.74 Å². The van der Waals surface area contributed by atoms with Gasteiger partial charge in [-0.3, -0.25) is 4.79 Å². The summed E-state index contributed by atoms with van der Waals surface area (Å²) < 4.78 is 6.45. The van der Waals surface area contributed by atoms with Crippen molar-refractivity contribution in [2.75, 3.05) is 32.8 Å². The first-order chi connectivity index (χ1) is 10.3. The minimum absolute atomic E-state index is 0.204. The van der Waals surface area contributed by atoms with E-state index < -0.39 is 0 Å². The van der Waals surface area contributed by atoms with Crippen molar-refractivity contribution in [2.24, 2.45) is 0 Å². The van der Waals surface area contributed by atoms with E-state index in [9.17, 15) is 4.79 Å². The molecule has 1 N–H and O–H groups in total. The Kier molecular flexibility index (Phi) is 4.80. The summed E-state index contributed by atoms with van der Waals surface area (Å²) in [4.78, 5) is 18.4. The standard InChI is InChI=1S/C15H19N3O2S/c19-15(18-7-9-20-10-8-18)5-6-16-11-14-17-12-3-1-2-4-13(12)21-14/h1-4,16H,5-11H2. The fourth-order valence-corrected chi connectivity index (χ4v) is 3.29. The van der Waals surface area contributed by atoms with E-state index in [0.717, 1.165) is 30.2 Å². The number of carbonyl (C=O) groups is 1. The smallest absolute Gasteiger partial charge is 0.224 e. The summed E-state index contributed by atoms with van der Waals surface area (Å²) in [7, 11) is 0. The molecule has 1 aliphatic rings. The minimum Gasteiger partial charge on any atom is -0.378 e. The number of benzene rings is 1. The number of rotatable bonds is 5. The SMILES string of the molecule is O=C(CCNCc1nc2ccccc2s1)N1CCOCC1. The van der Waals surface area contributed by atoms with Crippen LogP contribution in [0.1, 0.15) is 11.4 Å². The number of nitrogens with one attached hydrogen (secondary N) is 1. The zero-order chi connectivity index (χ0) is 14.5. The highest BCUT2D eigenvalue weighted by Crippen LogP contribution is 2.21. The highest BCUT2D eigenvalue weighted by Gasteiger charge is 2.15. The molecule has 2 aromatic rings. The lowest BCUT2D eigenvalue weighted by molar-refractivity contribution is -0.135. The molecule has 3 rings (SSSR count). The molecule has 21 heavy (non-hydrogen) atoms. The molecule has 0 spiro atoms. The fourth-order valence-electron chi connectivity index (χ4n) is 2.36. The van der Waals surface area contributed by atoms with E-state index in [1.807, 2.05) is 23.1 Å².